The van der Waals surface area contributed by atoms with Gasteiger partial charge in [-0.1, -0.05) is 30.7 Å². The first-order valence-electron chi connectivity index (χ1n) is 10.5. The molecule has 0 bridgehead atoms. The van der Waals surface area contributed by atoms with Crippen LogP contribution in [0.25, 0.3) is 21.5 Å². The summed E-state index contributed by atoms with van der Waals surface area (Å²) in [7, 11) is 1.91. The zero-order valence-corrected chi connectivity index (χ0v) is 19.1. The molecular formula is C22H28ClN5OS. The van der Waals surface area contributed by atoms with Crippen molar-refractivity contribution >= 4 is 39.1 Å². The number of benzene rings is 1. The summed E-state index contributed by atoms with van der Waals surface area (Å²) in [5.41, 5.74) is 1.88. The summed E-state index contributed by atoms with van der Waals surface area (Å²) in [6.45, 7) is 9.63. The molecule has 0 saturated carbocycles. The number of halogens is 1. The van der Waals surface area contributed by atoms with Crippen LogP contribution in [0.5, 0.6) is 0 Å². The maximum absolute atomic E-state index is 12.7. The van der Waals surface area contributed by atoms with Gasteiger partial charge in [0, 0.05) is 55.7 Å². The molecule has 4 rings (SSSR count). The molecule has 2 aromatic heterocycles. The van der Waals surface area contributed by atoms with Gasteiger partial charge >= 0.3 is 0 Å². The number of piperazine rings is 1. The topological polar surface area (TPSA) is 53.4 Å². The van der Waals surface area contributed by atoms with E-state index in [9.17, 15) is 4.79 Å². The van der Waals surface area contributed by atoms with E-state index in [1.807, 2.05) is 42.1 Å². The number of aryl methyl sites for hydroxylation is 1. The second-order valence-electron chi connectivity index (χ2n) is 7.69. The van der Waals surface area contributed by atoms with E-state index in [-0.39, 0.29) is 5.91 Å². The zero-order chi connectivity index (χ0) is 21.1. The second kappa shape index (κ2) is 9.47. The third-order valence-electron chi connectivity index (χ3n) is 5.70. The molecule has 1 amide bonds. The predicted octanol–water partition coefficient (Wildman–Crippen LogP) is 3.71. The first-order chi connectivity index (χ1) is 14.5. The van der Waals surface area contributed by atoms with Crippen LogP contribution in [-0.4, -0.2) is 71.3 Å². The van der Waals surface area contributed by atoms with Crippen LogP contribution in [0.15, 0.2) is 30.3 Å². The quantitative estimate of drug-likeness (QED) is 0.563. The van der Waals surface area contributed by atoms with E-state index in [1.54, 1.807) is 0 Å². The lowest BCUT2D eigenvalue weighted by atomic mass is 10.1. The van der Waals surface area contributed by atoms with Crippen LogP contribution in [-0.2, 0) is 7.05 Å². The third kappa shape index (κ3) is 4.70. The van der Waals surface area contributed by atoms with Gasteiger partial charge in [0.25, 0.3) is 5.91 Å². The fourth-order valence-electron chi connectivity index (χ4n) is 3.89. The molecule has 8 heteroatoms. The highest BCUT2D eigenvalue weighted by atomic mass is 35.5. The Bertz CT molecular complexity index is 1000. The number of hydrogen-bond donors (Lipinski definition) is 1. The number of carbonyl (C=O) groups excluding carboxylic acids is 1. The SMILES string of the molecule is CCN1CCN(CCCNC(=O)c2cc3c(-c4ccc(Cl)cc4)nn(C)c3s2)CC1. The maximum atomic E-state index is 12.7. The molecule has 1 fully saturated rings. The summed E-state index contributed by atoms with van der Waals surface area (Å²) in [6, 6.07) is 9.60. The molecule has 6 nitrogen and oxygen atoms in total. The van der Waals surface area contributed by atoms with Gasteiger partial charge in [-0.2, -0.15) is 5.10 Å². The van der Waals surface area contributed by atoms with Crippen LogP contribution in [0.2, 0.25) is 5.02 Å². The number of rotatable bonds is 7. The van der Waals surface area contributed by atoms with Crippen molar-refractivity contribution in [2.75, 3.05) is 45.8 Å². The van der Waals surface area contributed by atoms with Crippen molar-refractivity contribution < 1.29 is 4.79 Å². The Hall–Kier alpha value is -1.93. The zero-order valence-electron chi connectivity index (χ0n) is 17.5. The maximum Gasteiger partial charge on any atom is 0.261 e. The van der Waals surface area contributed by atoms with Crippen molar-refractivity contribution in [1.29, 1.82) is 0 Å². The molecule has 1 saturated heterocycles. The van der Waals surface area contributed by atoms with Crippen molar-refractivity contribution in [2.24, 2.45) is 7.05 Å². The molecule has 3 aromatic rings. The van der Waals surface area contributed by atoms with Gasteiger partial charge in [0.1, 0.15) is 10.5 Å². The summed E-state index contributed by atoms with van der Waals surface area (Å²) >= 11 is 7.50. The molecule has 0 atom stereocenters. The molecule has 0 radical (unpaired) electrons. The van der Waals surface area contributed by atoms with Crippen LogP contribution in [0, 0.1) is 0 Å². The fourth-order valence-corrected chi connectivity index (χ4v) is 5.01. The lowest BCUT2D eigenvalue weighted by Crippen LogP contribution is -2.46. The summed E-state index contributed by atoms with van der Waals surface area (Å²) in [5.74, 6) is -0.00550. The molecule has 160 valence electrons. The van der Waals surface area contributed by atoms with Crippen molar-refractivity contribution in [3.05, 3.63) is 40.2 Å². The monoisotopic (exact) mass is 445 g/mol. The largest absolute Gasteiger partial charge is 0.351 e. The van der Waals surface area contributed by atoms with E-state index in [4.69, 9.17) is 11.6 Å². The molecule has 1 aliphatic rings. The third-order valence-corrected chi connectivity index (χ3v) is 7.15. The fraction of sp³-hybridized carbons (Fsp3) is 0.455. The summed E-state index contributed by atoms with van der Waals surface area (Å²) in [6.07, 6.45) is 0.973. The molecular weight excluding hydrogens is 418 g/mol. The first-order valence-corrected chi connectivity index (χ1v) is 11.7. The van der Waals surface area contributed by atoms with Crippen LogP contribution < -0.4 is 5.32 Å². The van der Waals surface area contributed by atoms with E-state index >= 15 is 0 Å². The molecule has 30 heavy (non-hydrogen) atoms. The Balaban J connectivity index is 1.35. The van der Waals surface area contributed by atoms with Gasteiger partial charge in [0.15, 0.2) is 0 Å². The number of thiophene rings is 1. The number of carbonyl (C=O) groups is 1. The highest BCUT2D eigenvalue weighted by Gasteiger charge is 2.18. The Morgan fingerprint density at radius 3 is 2.57 bits per heavy atom. The van der Waals surface area contributed by atoms with E-state index < -0.39 is 0 Å². The predicted molar refractivity (Wildman–Crippen MR) is 125 cm³/mol. The average molecular weight is 446 g/mol. The highest BCUT2D eigenvalue weighted by molar-refractivity contribution is 7.20. The molecule has 1 aromatic carbocycles. The first kappa shape index (κ1) is 21.3. The highest BCUT2D eigenvalue weighted by Crippen LogP contribution is 2.34. The molecule has 0 aliphatic carbocycles. The normalized spacial score (nSPS) is 15.7. The van der Waals surface area contributed by atoms with Crippen LogP contribution in [0.1, 0.15) is 23.0 Å². The van der Waals surface area contributed by atoms with Crippen molar-refractivity contribution in [3.63, 3.8) is 0 Å². The number of nitrogens with zero attached hydrogens (tertiary/aromatic N) is 4. The number of amides is 1. The second-order valence-corrected chi connectivity index (χ2v) is 9.16. The number of aromatic nitrogens is 2. The van der Waals surface area contributed by atoms with Gasteiger partial charge in [-0.15, -0.1) is 11.3 Å². The smallest absolute Gasteiger partial charge is 0.261 e. The van der Waals surface area contributed by atoms with E-state index in [1.165, 1.54) is 11.3 Å². The van der Waals surface area contributed by atoms with E-state index in [2.05, 4.69) is 27.1 Å². The van der Waals surface area contributed by atoms with Gasteiger partial charge in [0.2, 0.25) is 0 Å². The van der Waals surface area contributed by atoms with Gasteiger partial charge in [0.05, 0.1) is 4.88 Å². The van der Waals surface area contributed by atoms with Crippen LogP contribution in [0.4, 0.5) is 0 Å². The number of nitrogens with one attached hydrogen (secondary N) is 1. The van der Waals surface area contributed by atoms with Gasteiger partial charge in [-0.05, 0) is 37.7 Å². The molecule has 0 spiro atoms. The number of fused-ring (bicyclic) bond motifs is 1. The number of hydrogen-bond acceptors (Lipinski definition) is 5. The van der Waals surface area contributed by atoms with Crippen LogP contribution in [0.3, 0.4) is 0 Å². The lowest BCUT2D eigenvalue weighted by Gasteiger charge is -2.33. The standard InChI is InChI=1S/C22H28ClN5OS/c1-3-27-11-13-28(14-12-27)10-4-9-24-21(29)19-15-18-20(25-26(2)22(18)30-19)16-5-7-17(23)8-6-16/h5-8,15H,3-4,9-14H2,1-2H3,(H,24,29). The molecule has 0 unspecified atom stereocenters. The minimum Gasteiger partial charge on any atom is -0.351 e. The Morgan fingerprint density at radius 1 is 1.17 bits per heavy atom. The van der Waals surface area contributed by atoms with Crippen molar-refractivity contribution in [2.45, 2.75) is 13.3 Å². The minimum absolute atomic E-state index is 0.00550. The van der Waals surface area contributed by atoms with Gasteiger partial charge < -0.3 is 15.1 Å². The summed E-state index contributed by atoms with van der Waals surface area (Å²) < 4.78 is 1.84. The van der Waals surface area contributed by atoms with Crippen molar-refractivity contribution in [1.82, 2.24) is 24.9 Å². The van der Waals surface area contributed by atoms with E-state index in [0.29, 0.717) is 11.6 Å². The molecule has 1 N–H and O–H groups in total. The Kier molecular flexibility index (Phi) is 6.73. The molecule has 3 heterocycles. The lowest BCUT2D eigenvalue weighted by molar-refractivity contribution is 0.0952. The Labute approximate surface area is 186 Å². The van der Waals surface area contributed by atoms with Crippen molar-refractivity contribution in [3.8, 4) is 11.3 Å². The van der Waals surface area contributed by atoms with E-state index in [0.717, 1.165) is 72.0 Å². The summed E-state index contributed by atoms with van der Waals surface area (Å²) in [4.78, 5) is 19.4. The van der Waals surface area contributed by atoms with Crippen LogP contribution >= 0.6 is 22.9 Å². The van der Waals surface area contributed by atoms with Gasteiger partial charge in [-0.3, -0.25) is 9.48 Å². The summed E-state index contributed by atoms with van der Waals surface area (Å²) in [5, 5.41) is 9.42. The minimum atomic E-state index is -0.00550. The average Bonchev–Trinajstić information content (AvgIpc) is 3.33. The van der Waals surface area contributed by atoms with Gasteiger partial charge in [-0.25, -0.2) is 0 Å². The Morgan fingerprint density at radius 2 is 1.87 bits per heavy atom. The number of likely N-dealkylation sites (N-methyl/N-ethyl adjacent to an activating group) is 1. The molecule has 1 aliphatic heterocycles.